The van der Waals surface area contributed by atoms with Crippen molar-refractivity contribution in [3.63, 3.8) is 0 Å². The van der Waals surface area contributed by atoms with Crippen molar-refractivity contribution < 1.29 is 19.1 Å². The van der Waals surface area contributed by atoms with Crippen LogP contribution in [0.2, 0.25) is 0 Å². The number of nitrogens with zero attached hydrogens (tertiary/aromatic N) is 3. The third-order valence-electron chi connectivity index (χ3n) is 6.92. The van der Waals surface area contributed by atoms with Gasteiger partial charge in [-0.2, -0.15) is 0 Å². The fourth-order valence-corrected chi connectivity index (χ4v) is 5.28. The first kappa shape index (κ1) is 20.5. The summed E-state index contributed by atoms with van der Waals surface area (Å²) in [4.78, 5) is 44.2. The fraction of sp³-hybridized carbons (Fsp3) is 0.417. The Labute approximate surface area is 186 Å². The first-order chi connectivity index (χ1) is 15.4. The van der Waals surface area contributed by atoms with E-state index in [4.69, 9.17) is 10.5 Å². The first-order valence-electron chi connectivity index (χ1n) is 11.0. The van der Waals surface area contributed by atoms with E-state index < -0.39 is 5.91 Å². The van der Waals surface area contributed by atoms with Gasteiger partial charge in [-0.15, -0.1) is 0 Å². The van der Waals surface area contributed by atoms with Gasteiger partial charge in [0.25, 0.3) is 11.8 Å². The topological polar surface area (TPSA) is 106 Å². The molecule has 8 heteroatoms. The van der Waals surface area contributed by atoms with E-state index in [0.29, 0.717) is 6.54 Å². The number of pyridine rings is 1. The van der Waals surface area contributed by atoms with Gasteiger partial charge in [-0.1, -0.05) is 30.3 Å². The maximum atomic E-state index is 12.8. The van der Waals surface area contributed by atoms with Crippen LogP contribution < -0.4 is 10.5 Å². The Hall–Kier alpha value is -3.42. The molecule has 1 aromatic heterocycles. The normalized spacial score (nSPS) is 26.8. The summed E-state index contributed by atoms with van der Waals surface area (Å²) in [7, 11) is 0. The van der Waals surface area contributed by atoms with Gasteiger partial charge in [-0.05, 0) is 55.2 Å². The van der Waals surface area contributed by atoms with Crippen molar-refractivity contribution in [2.24, 2.45) is 11.1 Å². The number of carbonyl (C=O) groups is 3. The van der Waals surface area contributed by atoms with Crippen LogP contribution in [0.1, 0.15) is 41.6 Å². The Balaban J connectivity index is 1.12. The van der Waals surface area contributed by atoms with Gasteiger partial charge in [0.15, 0.2) is 0 Å². The number of ether oxygens (including phenoxy) is 1. The largest absolute Gasteiger partial charge is 0.474 e. The minimum atomic E-state index is -0.561. The summed E-state index contributed by atoms with van der Waals surface area (Å²) in [5.41, 5.74) is 6.93. The highest BCUT2D eigenvalue weighted by Gasteiger charge is 2.58. The zero-order chi connectivity index (χ0) is 22.3. The summed E-state index contributed by atoms with van der Waals surface area (Å²) in [5, 5.41) is 0. The minimum Gasteiger partial charge on any atom is -0.474 e. The fourth-order valence-electron chi connectivity index (χ4n) is 5.28. The molecule has 32 heavy (non-hydrogen) atoms. The molecular weight excluding hydrogens is 408 g/mol. The number of primary amides is 1. The van der Waals surface area contributed by atoms with Crippen LogP contribution in [0, 0.1) is 5.41 Å². The van der Waals surface area contributed by atoms with Crippen LogP contribution in [-0.4, -0.2) is 57.9 Å². The Morgan fingerprint density at radius 3 is 2.56 bits per heavy atom. The second kappa shape index (κ2) is 7.93. The summed E-state index contributed by atoms with van der Waals surface area (Å²) in [6, 6.07) is 13.0. The van der Waals surface area contributed by atoms with Crippen molar-refractivity contribution in [2.45, 2.75) is 44.2 Å². The molecule has 2 saturated carbocycles. The third-order valence-corrected chi connectivity index (χ3v) is 6.92. The molecule has 8 nitrogen and oxygen atoms in total. The molecule has 2 aromatic rings. The van der Waals surface area contributed by atoms with E-state index in [1.165, 1.54) is 4.90 Å². The number of nitrogens with two attached hydrogens (primary N) is 1. The smallest absolute Gasteiger partial charge is 0.327 e. The van der Waals surface area contributed by atoms with Crippen molar-refractivity contribution >= 4 is 17.8 Å². The maximum absolute atomic E-state index is 12.8. The lowest BCUT2D eigenvalue weighted by Gasteiger charge is -2.58. The molecule has 3 aliphatic rings. The Morgan fingerprint density at radius 2 is 1.84 bits per heavy atom. The van der Waals surface area contributed by atoms with Gasteiger partial charge in [0.05, 0.1) is 0 Å². The summed E-state index contributed by atoms with van der Waals surface area (Å²) < 4.78 is 5.90. The number of urea groups is 1. The van der Waals surface area contributed by atoms with Gasteiger partial charge >= 0.3 is 6.03 Å². The monoisotopic (exact) mass is 434 g/mol. The quantitative estimate of drug-likeness (QED) is 0.674. The number of carbonyl (C=O) groups excluding carboxylic acids is 3. The van der Waals surface area contributed by atoms with Crippen molar-refractivity contribution in [3.8, 4) is 5.88 Å². The molecule has 1 saturated heterocycles. The summed E-state index contributed by atoms with van der Waals surface area (Å²) in [6.45, 7) is 0.710. The molecule has 2 heterocycles. The van der Waals surface area contributed by atoms with Gasteiger partial charge in [0.2, 0.25) is 5.88 Å². The SMILES string of the molecule is NC(=O)c1cccnc1O[C@H]1CC2(C1)C[C@H](N1C(=O)CN(CCc3ccccc3)C1=O)C2. The van der Waals surface area contributed by atoms with Crippen LogP contribution in [0.3, 0.4) is 0 Å². The van der Waals surface area contributed by atoms with Crippen molar-refractivity contribution in [1.29, 1.82) is 0 Å². The third kappa shape index (κ3) is 3.70. The Bertz CT molecular complexity index is 1040. The number of imide groups is 1. The number of benzene rings is 1. The van der Waals surface area contributed by atoms with Crippen LogP contribution >= 0.6 is 0 Å². The molecule has 2 aliphatic carbocycles. The molecule has 5 rings (SSSR count). The Kier molecular flexibility index (Phi) is 5.07. The second-order valence-electron chi connectivity index (χ2n) is 9.13. The van der Waals surface area contributed by atoms with Crippen LogP contribution in [0.4, 0.5) is 4.79 Å². The number of hydrogen-bond donors (Lipinski definition) is 1. The van der Waals surface area contributed by atoms with E-state index in [1.54, 1.807) is 23.2 Å². The summed E-state index contributed by atoms with van der Waals surface area (Å²) in [6.07, 6.45) is 5.55. The molecule has 0 radical (unpaired) electrons. The molecule has 0 atom stereocenters. The molecule has 0 bridgehead atoms. The minimum absolute atomic E-state index is 0.0312. The van der Waals surface area contributed by atoms with Crippen LogP contribution in [0.15, 0.2) is 48.7 Å². The van der Waals surface area contributed by atoms with E-state index >= 15 is 0 Å². The molecule has 1 aromatic carbocycles. The highest BCUT2D eigenvalue weighted by molar-refractivity contribution is 6.02. The lowest BCUT2D eigenvalue weighted by Crippen LogP contribution is -2.60. The predicted molar refractivity (Wildman–Crippen MR) is 116 cm³/mol. The summed E-state index contributed by atoms with van der Waals surface area (Å²) >= 11 is 0. The van der Waals surface area contributed by atoms with Crippen molar-refractivity contribution in [2.75, 3.05) is 13.1 Å². The maximum Gasteiger partial charge on any atom is 0.327 e. The van der Waals surface area contributed by atoms with E-state index in [-0.39, 0.29) is 47.5 Å². The molecule has 3 fully saturated rings. The highest BCUT2D eigenvalue weighted by Crippen LogP contribution is 2.58. The lowest BCUT2D eigenvalue weighted by atomic mass is 9.52. The van der Waals surface area contributed by atoms with Crippen LogP contribution in [0.25, 0.3) is 0 Å². The van der Waals surface area contributed by atoms with Crippen LogP contribution in [0.5, 0.6) is 5.88 Å². The second-order valence-corrected chi connectivity index (χ2v) is 9.13. The first-order valence-corrected chi connectivity index (χ1v) is 11.0. The van der Waals surface area contributed by atoms with Gasteiger partial charge in [-0.25, -0.2) is 9.78 Å². The van der Waals surface area contributed by atoms with E-state index in [0.717, 1.165) is 37.7 Å². The van der Waals surface area contributed by atoms with Crippen LogP contribution in [-0.2, 0) is 11.2 Å². The van der Waals surface area contributed by atoms with Crippen molar-refractivity contribution in [3.05, 3.63) is 59.8 Å². The molecule has 2 N–H and O–H groups in total. The Morgan fingerprint density at radius 1 is 1.09 bits per heavy atom. The lowest BCUT2D eigenvalue weighted by molar-refractivity contribution is -0.138. The molecule has 4 amide bonds. The average Bonchev–Trinajstić information content (AvgIpc) is 3.01. The molecular formula is C24H26N4O4. The molecule has 166 valence electrons. The van der Waals surface area contributed by atoms with Gasteiger partial charge < -0.3 is 15.4 Å². The molecule has 1 spiro atoms. The predicted octanol–water partition coefficient (Wildman–Crippen LogP) is 2.38. The highest BCUT2D eigenvalue weighted by atomic mass is 16.5. The summed E-state index contributed by atoms with van der Waals surface area (Å²) in [5.74, 6) is -0.391. The van der Waals surface area contributed by atoms with Gasteiger partial charge in [-0.3, -0.25) is 14.5 Å². The van der Waals surface area contributed by atoms with Crippen molar-refractivity contribution in [1.82, 2.24) is 14.8 Å². The molecule has 0 unspecified atom stereocenters. The number of amides is 4. The van der Waals surface area contributed by atoms with E-state index in [1.807, 2.05) is 30.3 Å². The number of rotatable bonds is 7. The van der Waals surface area contributed by atoms with Gasteiger partial charge in [0, 0.05) is 18.8 Å². The average molecular weight is 434 g/mol. The standard InChI is InChI=1S/C24H26N4O4/c25-21(30)19-7-4-9-26-22(19)32-18-13-24(14-18)11-17(12-24)28-20(29)15-27(23(28)31)10-8-16-5-2-1-3-6-16/h1-7,9,17-18H,8,10-15H2,(H2,25,30)/t17-,18-,24?. The number of aromatic nitrogens is 1. The van der Waals surface area contributed by atoms with E-state index in [2.05, 4.69) is 4.98 Å². The zero-order valence-corrected chi connectivity index (χ0v) is 17.8. The van der Waals surface area contributed by atoms with Gasteiger partial charge in [0.1, 0.15) is 18.2 Å². The number of hydrogen-bond acceptors (Lipinski definition) is 5. The zero-order valence-electron chi connectivity index (χ0n) is 17.8. The van der Waals surface area contributed by atoms with E-state index in [9.17, 15) is 14.4 Å². The molecule has 1 aliphatic heterocycles.